The molecular weight excluding hydrogens is 480 g/mol. The highest BCUT2D eigenvalue weighted by Crippen LogP contribution is 2.32. The zero-order chi connectivity index (χ0) is 22.2. The molecule has 1 aliphatic carbocycles. The van der Waals surface area contributed by atoms with Gasteiger partial charge >= 0.3 is 0 Å². The van der Waals surface area contributed by atoms with Crippen molar-refractivity contribution >= 4 is 65.4 Å². The topological polar surface area (TPSA) is 111 Å². The van der Waals surface area contributed by atoms with Gasteiger partial charge < -0.3 is 5.32 Å². The SMILES string of the molecule is CS(=O)(=O)c1csc2c(=O)n(C(CC3CCCCC3)C(=O)Nc3ncc(Cl)s3)cnc12. The monoisotopic (exact) mass is 500 g/mol. The first-order valence-electron chi connectivity index (χ1n) is 9.84. The van der Waals surface area contributed by atoms with E-state index in [2.05, 4.69) is 15.3 Å². The number of hydrogen-bond acceptors (Lipinski definition) is 8. The number of rotatable bonds is 6. The van der Waals surface area contributed by atoms with Gasteiger partial charge in [-0.1, -0.05) is 55.0 Å². The second kappa shape index (κ2) is 8.97. The lowest BCUT2D eigenvalue weighted by Gasteiger charge is -2.26. The van der Waals surface area contributed by atoms with Crippen molar-refractivity contribution in [3.8, 4) is 0 Å². The van der Waals surface area contributed by atoms with Gasteiger partial charge in [0.1, 0.15) is 25.5 Å². The minimum Gasteiger partial charge on any atom is -0.300 e. The molecule has 1 amide bonds. The minimum absolute atomic E-state index is 0.0301. The summed E-state index contributed by atoms with van der Waals surface area (Å²) in [5.74, 6) is -0.0402. The molecule has 0 spiro atoms. The fourth-order valence-corrected chi connectivity index (χ4v) is 7.02. The van der Waals surface area contributed by atoms with E-state index in [1.54, 1.807) is 0 Å². The molecule has 1 unspecified atom stereocenters. The third-order valence-corrected chi connectivity index (χ3v) is 8.75. The molecule has 0 aliphatic heterocycles. The first kappa shape index (κ1) is 22.4. The number of anilines is 1. The maximum Gasteiger partial charge on any atom is 0.272 e. The number of thiazole rings is 1. The van der Waals surface area contributed by atoms with Gasteiger partial charge in [0.05, 0.1) is 12.5 Å². The maximum absolute atomic E-state index is 13.2. The number of nitrogens with one attached hydrogen (secondary N) is 1. The molecule has 3 aromatic heterocycles. The first-order chi connectivity index (χ1) is 14.7. The number of carbonyl (C=O) groups excluding carboxylic acids is 1. The van der Waals surface area contributed by atoms with Crippen LogP contribution in [0, 0.1) is 5.92 Å². The number of amides is 1. The summed E-state index contributed by atoms with van der Waals surface area (Å²) >= 11 is 8.09. The Balaban J connectivity index is 1.73. The van der Waals surface area contributed by atoms with E-state index in [4.69, 9.17) is 11.6 Å². The van der Waals surface area contributed by atoms with Gasteiger partial charge in [-0.2, -0.15) is 0 Å². The second-order valence-corrected chi connectivity index (χ2v) is 12.2. The predicted octanol–water partition coefficient (Wildman–Crippen LogP) is 4.12. The van der Waals surface area contributed by atoms with Crippen molar-refractivity contribution < 1.29 is 13.2 Å². The van der Waals surface area contributed by atoms with Gasteiger partial charge in [-0.3, -0.25) is 14.2 Å². The van der Waals surface area contributed by atoms with Crippen LogP contribution < -0.4 is 10.9 Å². The summed E-state index contributed by atoms with van der Waals surface area (Å²) in [6.45, 7) is 0. The normalized spacial score (nSPS) is 16.5. The van der Waals surface area contributed by atoms with Crippen molar-refractivity contribution in [2.75, 3.05) is 11.6 Å². The number of hydrogen-bond donors (Lipinski definition) is 1. The molecule has 1 aliphatic rings. The Morgan fingerprint density at radius 3 is 2.71 bits per heavy atom. The fraction of sp³-hybridized carbons (Fsp3) is 0.474. The molecule has 8 nitrogen and oxygen atoms in total. The molecule has 3 heterocycles. The van der Waals surface area contributed by atoms with Gasteiger partial charge in [-0.15, -0.1) is 11.3 Å². The number of thiophene rings is 1. The molecule has 4 rings (SSSR count). The highest BCUT2D eigenvalue weighted by Gasteiger charge is 2.29. The summed E-state index contributed by atoms with van der Waals surface area (Å²) < 4.78 is 26.0. The molecule has 31 heavy (non-hydrogen) atoms. The van der Waals surface area contributed by atoms with Crippen LogP contribution in [0.5, 0.6) is 0 Å². The highest BCUT2D eigenvalue weighted by atomic mass is 35.5. The van der Waals surface area contributed by atoms with Crippen molar-refractivity contribution in [1.82, 2.24) is 14.5 Å². The number of aromatic nitrogens is 3. The number of nitrogens with zero attached hydrogens (tertiary/aromatic N) is 3. The van der Waals surface area contributed by atoms with Crippen LogP contribution in [-0.4, -0.2) is 35.1 Å². The Hall–Kier alpha value is -1.82. The van der Waals surface area contributed by atoms with Gasteiger partial charge in [0.25, 0.3) is 5.56 Å². The van der Waals surface area contributed by atoms with Gasteiger partial charge in [0, 0.05) is 11.6 Å². The van der Waals surface area contributed by atoms with Crippen molar-refractivity contribution in [3.63, 3.8) is 0 Å². The number of carbonyl (C=O) groups is 1. The molecule has 0 radical (unpaired) electrons. The van der Waals surface area contributed by atoms with Crippen LogP contribution in [0.1, 0.15) is 44.6 Å². The van der Waals surface area contributed by atoms with Gasteiger partial charge in [0.2, 0.25) is 5.91 Å². The Morgan fingerprint density at radius 2 is 2.06 bits per heavy atom. The summed E-state index contributed by atoms with van der Waals surface area (Å²) in [6.07, 6.45) is 9.74. The first-order valence-corrected chi connectivity index (χ1v) is 13.8. The lowest BCUT2D eigenvalue weighted by Crippen LogP contribution is -2.35. The highest BCUT2D eigenvalue weighted by molar-refractivity contribution is 7.91. The van der Waals surface area contributed by atoms with Crippen molar-refractivity contribution in [2.24, 2.45) is 5.92 Å². The number of sulfone groups is 1. The Morgan fingerprint density at radius 1 is 1.32 bits per heavy atom. The largest absolute Gasteiger partial charge is 0.300 e. The minimum atomic E-state index is -3.51. The molecule has 12 heteroatoms. The molecule has 3 aromatic rings. The van der Waals surface area contributed by atoms with Crippen molar-refractivity contribution in [2.45, 2.75) is 49.5 Å². The zero-order valence-corrected chi connectivity index (χ0v) is 19.9. The Bertz CT molecular complexity index is 1270. The van der Waals surface area contributed by atoms with E-state index >= 15 is 0 Å². The molecule has 0 aromatic carbocycles. The summed E-state index contributed by atoms with van der Waals surface area (Å²) in [4.78, 5) is 34.8. The zero-order valence-electron chi connectivity index (χ0n) is 16.7. The van der Waals surface area contributed by atoms with Crippen LogP contribution in [-0.2, 0) is 14.6 Å². The average molecular weight is 501 g/mol. The smallest absolute Gasteiger partial charge is 0.272 e. The second-order valence-electron chi connectivity index (χ2n) is 7.72. The summed E-state index contributed by atoms with van der Waals surface area (Å²) in [7, 11) is -3.51. The van der Waals surface area contributed by atoms with Crippen molar-refractivity contribution in [3.05, 3.63) is 32.6 Å². The van der Waals surface area contributed by atoms with Gasteiger partial charge in [-0.05, 0) is 12.3 Å². The van der Waals surface area contributed by atoms with E-state index in [1.807, 2.05) is 0 Å². The standard InChI is InChI=1S/C19H21ClN4O4S3/c1-31(27,28)13-9-29-16-15(13)22-10-24(18(16)26)12(7-11-5-3-2-4-6-11)17(25)23-19-21-8-14(20)30-19/h8-12H,2-7H2,1H3,(H,21,23,25). The average Bonchev–Trinajstić information content (AvgIpc) is 3.34. The molecule has 0 bridgehead atoms. The third-order valence-electron chi connectivity index (χ3n) is 5.50. The molecule has 0 saturated heterocycles. The molecule has 1 saturated carbocycles. The van der Waals surface area contributed by atoms with Gasteiger partial charge in [0.15, 0.2) is 15.0 Å². The lowest BCUT2D eigenvalue weighted by atomic mass is 9.84. The van der Waals surface area contributed by atoms with Gasteiger partial charge in [-0.25, -0.2) is 18.4 Å². The molecule has 1 atom stereocenters. The van der Waals surface area contributed by atoms with Crippen LogP contribution in [0.3, 0.4) is 0 Å². The van der Waals surface area contributed by atoms with Crippen LogP contribution in [0.25, 0.3) is 10.2 Å². The van der Waals surface area contributed by atoms with Crippen LogP contribution >= 0.6 is 34.3 Å². The Labute approximate surface area is 192 Å². The summed E-state index contributed by atoms with van der Waals surface area (Å²) in [6, 6.07) is -0.779. The predicted molar refractivity (Wildman–Crippen MR) is 123 cm³/mol. The molecular formula is C19H21ClN4O4S3. The lowest BCUT2D eigenvalue weighted by molar-refractivity contribution is -0.120. The third kappa shape index (κ3) is 4.84. The Kier molecular flexibility index (Phi) is 6.47. The number of fused-ring (bicyclic) bond motifs is 1. The summed E-state index contributed by atoms with van der Waals surface area (Å²) in [5.41, 5.74) is -0.268. The quantitative estimate of drug-likeness (QED) is 0.545. The summed E-state index contributed by atoms with van der Waals surface area (Å²) in [5, 5.41) is 4.55. The maximum atomic E-state index is 13.2. The van der Waals surface area contributed by atoms with Crippen LogP contribution in [0.15, 0.2) is 27.6 Å². The molecule has 166 valence electrons. The number of halogens is 1. The van der Waals surface area contributed by atoms with Crippen LogP contribution in [0.2, 0.25) is 4.34 Å². The van der Waals surface area contributed by atoms with E-state index in [0.717, 1.165) is 54.6 Å². The van der Waals surface area contributed by atoms with E-state index in [-0.39, 0.29) is 21.0 Å². The van der Waals surface area contributed by atoms with Crippen molar-refractivity contribution in [1.29, 1.82) is 0 Å². The molecule has 1 N–H and O–H groups in total. The van der Waals surface area contributed by atoms with E-state index < -0.39 is 21.4 Å². The van der Waals surface area contributed by atoms with E-state index in [1.165, 1.54) is 28.9 Å². The van der Waals surface area contributed by atoms with E-state index in [9.17, 15) is 18.0 Å². The molecule has 1 fully saturated rings. The van der Waals surface area contributed by atoms with Crippen LogP contribution in [0.4, 0.5) is 5.13 Å². The fourth-order valence-electron chi connectivity index (χ4n) is 3.97. The van der Waals surface area contributed by atoms with E-state index in [0.29, 0.717) is 21.8 Å².